The van der Waals surface area contributed by atoms with Crippen LogP contribution in [-0.2, 0) is 0 Å². The zero-order chi connectivity index (χ0) is 10.6. The van der Waals surface area contributed by atoms with Gasteiger partial charge in [-0.2, -0.15) is 0 Å². The second-order valence-electron chi connectivity index (χ2n) is 2.36. The van der Waals surface area contributed by atoms with E-state index < -0.39 is 5.43 Å². The van der Waals surface area contributed by atoms with Crippen molar-refractivity contribution in [2.45, 2.75) is 9.79 Å². The Kier molecular flexibility index (Phi) is 4.65. The number of carbonyl (C=O) groups is 1. The lowest BCUT2D eigenvalue weighted by atomic mass is 10.3. The summed E-state index contributed by atoms with van der Waals surface area (Å²) in [6.07, 6.45) is 3.91. The summed E-state index contributed by atoms with van der Waals surface area (Å²) < 4.78 is 4.83. The molecule has 0 heterocycles. The van der Waals surface area contributed by atoms with Gasteiger partial charge in [0.2, 0.25) is 0 Å². The van der Waals surface area contributed by atoms with Crippen LogP contribution < -0.4 is 4.74 Å². The Hall–Kier alpha value is -0.320. The van der Waals surface area contributed by atoms with Gasteiger partial charge in [0.25, 0.3) is 0 Å². The first-order valence-corrected chi connectivity index (χ1v) is 6.59. The van der Waals surface area contributed by atoms with Crippen molar-refractivity contribution in [2.75, 3.05) is 12.5 Å². The summed E-state index contributed by atoms with van der Waals surface area (Å²) in [5, 5.41) is 0. The molecule has 0 fully saturated rings. The molecule has 0 aliphatic rings. The first-order chi connectivity index (χ1) is 6.67. The molecule has 0 spiro atoms. The average Bonchev–Trinajstić information content (AvgIpc) is 2.17. The van der Waals surface area contributed by atoms with Crippen LogP contribution in [0.4, 0.5) is 4.79 Å². The third-order valence-corrected chi connectivity index (χ3v) is 3.12. The zero-order valence-electron chi connectivity index (χ0n) is 7.74. The molecule has 5 heteroatoms. The molecule has 76 valence electrons. The van der Waals surface area contributed by atoms with Crippen molar-refractivity contribution in [3.63, 3.8) is 0 Å². The van der Waals surface area contributed by atoms with E-state index in [9.17, 15) is 4.79 Å². The number of benzene rings is 1. The first-order valence-electron chi connectivity index (χ1n) is 3.76. The monoisotopic (exact) mass is 248 g/mol. The van der Waals surface area contributed by atoms with Crippen LogP contribution in [0.2, 0.25) is 0 Å². The molecule has 2 nitrogen and oxygen atoms in total. The largest absolute Gasteiger partial charge is 0.413 e. The summed E-state index contributed by atoms with van der Waals surface area (Å²) in [5.41, 5.74) is -0.808. The number of thioether (sulfide) groups is 2. The maximum absolute atomic E-state index is 10.6. The van der Waals surface area contributed by atoms with Gasteiger partial charge in [-0.15, -0.1) is 23.5 Å². The van der Waals surface area contributed by atoms with Crippen LogP contribution >= 0.6 is 35.1 Å². The van der Waals surface area contributed by atoms with Crippen molar-refractivity contribution in [3.8, 4) is 5.75 Å². The molecular formula is C9H9ClO2S2. The van der Waals surface area contributed by atoms with Crippen LogP contribution in [0.5, 0.6) is 5.75 Å². The number of halogens is 1. The molecular weight excluding hydrogens is 240 g/mol. The van der Waals surface area contributed by atoms with Gasteiger partial charge >= 0.3 is 5.43 Å². The number of ether oxygens (including phenoxy) is 1. The quantitative estimate of drug-likeness (QED) is 0.599. The number of hydrogen-bond donors (Lipinski definition) is 0. The number of rotatable bonds is 3. The molecule has 1 aromatic rings. The molecule has 0 N–H and O–H groups in total. The Morgan fingerprint density at radius 3 is 2.57 bits per heavy atom. The van der Waals surface area contributed by atoms with Crippen LogP contribution in [0.25, 0.3) is 0 Å². The minimum atomic E-state index is -0.808. The first kappa shape index (κ1) is 11.8. The molecule has 0 bridgehead atoms. The van der Waals surface area contributed by atoms with Crippen molar-refractivity contribution in [1.82, 2.24) is 0 Å². The van der Waals surface area contributed by atoms with Crippen molar-refractivity contribution in [2.24, 2.45) is 0 Å². The van der Waals surface area contributed by atoms with Gasteiger partial charge in [-0.1, -0.05) is 0 Å². The van der Waals surface area contributed by atoms with E-state index in [-0.39, 0.29) is 0 Å². The van der Waals surface area contributed by atoms with Crippen molar-refractivity contribution in [1.29, 1.82) is 0 Å². The Bertz CT molecular complexity index is 342. The maximum Gasteiger partial charge on any atom is 0.409 e. The van der Waals surface area contributed by atoms with Crippen molar-refractivity contribution in [3.05, 3.63) is 18.2 Å². The summed E-state index contributed by atoms with van der Waals surface area (Å²) in [4.78, 5) is 12.6. The fraction of sp³-hybridized carbons (Fsp3) is 0.222. The Morgan fingerprint density at radius 2 is 2.07 bits per heavy atom. The highest BCUT2D eigenvalue weighted by atomic mass is 35.5. The van der Waals surface area contributed by atoms with E-state index >= 15 is 0 Å². The van der Waals surface area contributed by atoms with Crippen LogP contribution in [-0.4, -0.2) is 17.9 Å². The van der Waals surface area contributed by atoms with E-state index in [0.717, 1.165) is 9.79 Å². The minimum Gasteiger partial charge on any atom is -0.413 e. The molecule has 0 unspecified atom stereocenters. The van der Waals surface area contributed by atoms with Crippen molar-refractivity contribution >= 4 is 40.6 Å². The molecule has 0 aromatic heterocycles. The average molecular weight is 249 g/mol. The number of carbonyl (C=O) groups excluding carboxylic acids is 1. The third kappa shape index (κ3) is 3.12. The Labute approximate surface area is 96.4 Å². The predicted octanol–water partition coefficient (Wildman–Crippen LogP) is 3.87. The summed E-state index contributed by atoms with van der Waals surface area (Å²) in [6.45, 7) is 0. The Morgan fingerprint density at radius 1 is 1.36 bits per heavy atom. The summed E-state index contributed by atoms with van der Waals surface area (Å²) in [6, 6.07) is 5.60. The summed E-state index contributed by atoms with van der Waals surface area (Å²) in [7, 11) is 0. The molecule has 14 heavy (non-hydrogen) atoms. The lowest BCUT2D eigenvalue weighted by Crippen LogP contribution is -1.97. The highest BCUT2D eigenvalue weighted by molar-refractivity contribution is 7.99. The number of hydrogen-bond acceptors (Lipinski definition) is 4. The van der Waals surface area contributed by atoms with E-state index in [4.69, 9.17) is 16.3 Å². The molecule has 0 aliphatic carbocycles. The van der Waals surface area contributed by atoms with Crippen LogP contribution in [0.3, 0.4) is 0 Å². The van der Waals surface area contributed by atoms with Gasteiger partial charge in [-0.05, 0) is 30.7 Å². The van der Waals surface area contributed by atoms with Crippen LogP contribution in [0.1, 0.15) is 0 Å². The predicted molar refractivity (Wildman–Crippen MR) is 61.9 cm³/mol. The minimum absolute atomic E-state index is 0.510. The Balaban J connectivity index is 2.98. The highest BCUT2D eigenvalue weighted by Crippen LogP contribution is 2.31. The molecule has 0 radical (unpaired) electrons. The lowest BCUT2D eigenvalue weighted by Gasteiger charge is -2.06. The van der Waals surface area contributed by atoms with Crippen LogP contribution in [0.15, 0.2) is 28.0 Å². The summed E-state index contributed by atoms with van der Waals surface area (Å²) >= 11 is 8.30. The van der Waals surface area contributed by atoms with E-state index in [2.05, 4.69) is 0 Å². The smallest absolute Gasteiger partial charge is 0.409 e. The normalized spacial score (nSPS) is 9.93. The maximum atomic E-state index is 10.6. The van der Waals surface area contributed by atoms with Gasteiger partial charge in [0.15, 0.2) is 0 Å². The van der Waals surface area contributed by atoms with Gasteiger partial charge in [0.1, 0.15) is 5.75 Å². The molecule has 0 atom stereocenters. The second kappa shape index (κ2) is 5.53. The van der Waals surface area contributed by atoms with Crippen molar-refractivity contribution < 1.29 is 9.53 Å². The molecule has 1 aromatic carbocycles. The van der Waals surface area contributed by atoms with Gasteiger partial charge in [0, 0.05) is 16.5 Å². The molecule has 0 saturated heterocycles. The second-order valence-corrected chi connectivity index (χ2v) is 4.39. The topological polar surface area (TPSA) is 26.3 Å². The van der Waals surface area contributed by atoms with Gasteiger partial charge in [-0.25, -0.2) is 4.79 Å². The molecule has 1 rings (SSSR count). The summed E-state index contributed by atoms with van der Waals surface area (Å²) in [5.74, 6) is 0.510. The molecule has 0 saturated carbocycles. The third-order valence-electron chi connectivity index (χ3n) is 1.56. The van der Waals surface area contributed by atoms with Crippen LogP contribution in [0, 0.1) is 0 Å². The SMILES string of the molecule is CSc1ccc(OC(=O)Cl)c(SC)c1. The molecule has 0 amide bonds. The lowest BCUT2D eigenvalue weighted by molar-refractivity contribution is 0.224. The fourth-order valence-corrected chi connectivity index (χ4v) is 2.10. The van der Waals surface area contributed by atoms with E-state index in [1.807, 2.05) is 24.6 Å². The molecule has 0 aliphatic heterocycles. The van der Waals surface area contributed by atoms with Gasteiger partial charge in [0.05, 0.1) is 4.90 Å². The van der Waals surface area contributed by atoms with Gasteiger partial charge < -0.3 is 4.74 Å². The highest BCUT2D eigenvalue weighted by Gasteiger charge is 2.07. The van der Waals surface area contributed by atoms with Gasteiger partial charge in [-0.3, -0.25) is 0 Å². The standard InChI is InChI=1S/C9H9ClO2S2/c1-13-6-3-4-7(12-9(10)11)8(5-6)14-2/h3-5H,1-2H3. The zero-order valence-corrected chi connectivity index (χ0v) is 10.1. The van der Waals surface area contributed by atoms with E-state index in [1.54, 1.807) is 17.8 Å². The van der Waals surface area contributed by atoms with E-state index in [0.29, 0.717) is 5.75 Å². The van der Waals surface area contributed by atoms with E-state index in [1.165, 1.54) is 11.8 Å². The fourth-order valence-electron chi connectivity index (χ4n) is 0.946.